The van der Waals surface area contributed by atoms with Crippen LogP contribution in [0.3, 0.4) is 0 Å². The van der Waals surface area contributed by atoms with Gasteiger partial charge in [0.05, 0.1) is 24.1 Å². The Kier molecular flexibility index (Phi) is 6.02. The van der Waals surface area contributed by atoms with Crippen molar-refractivity contribution < 1.29 is 24.2 Å². The molecule has 2 aliphatic heterocycles. The molecule has 7 heteroatoms. The van der Waals surface area contributed by atoms with Crippen LogP contribution in [0.4, 0.5) is 5.69 Å². The average Bonchev–Trinajstić information content (AvgIpc) is 3.28. The number of amides is 2. The first-order valence-corrected chi connectivity index (χ1v) is 11.1. The molecule has 0 bridgehead atoms. The molecule has 2 N–H and O–H groups in total. The number of anilines is 1. The minimum absolute atomic E-state index is 0.102. The number of carbonyl (C=O) groups is 3. The summed E-state index contributed by atoms with van der Waals surface area (Å²) in [6, 6.07) is 14.8. The zero-order valence-corrected chi connectivity index (χ0v) is 18.3. The zero-order chi connectivity index (χ0) is 22.9. The Labute approximate surface area is 187 Å². The first-order valence-electron chi connectivity index (χ1n) is 11.1. The number of benzene rings is 2. The summed E-state index contributed by atoms with van der Waals surface area (Å²) in [5.74, 6) is -2.75. The van der Waals surface area contributed by atoms with E-state index in [4.69, 9.17) is 4.74 Å². The van der Waals surface area contributed by atoms with Gasteiger partial charge in [0.25, 0.3) is 0 Å². The minimum Gasteiger partial charge on any atom is -0.508 e. The number of phenols is 1. The van der Waals surface area contributed by atoms with E-state index in [2.05, 4.69) is 5.32 Å². The molecule has 0 saturated carbocycles. The molecular formula is C25H28N2O5. The van der Waals surface area contributed by atoms with E-state index in [9.17, 15) is 19.5 Å². The summed E-state index contributed by atoms with van der Waals surface area (Å²) < 4.78 is 5.44. The van der Waals surface area contributed by atoms with Crippen molar-refractivity contribution in [3.8, 4) is 5.75 Å². The van der Waals surface area contributed by atoms with E-state index in [1.807, 2.05) is 13.0 Å². The SMILES string of the molecule is CCCC[C@]1(C(=O)OCC)N[C@@H](c2ccc(O)cc2)[C@H]2C(=O)N(c3ccccc3)C(=O)[C@@H]21. The van der Waals surface area contributed by atoms with E-state index >= 15 is 0 Å². The summed E-state index contributed by atoms with van der Waals surface area (Å²) in [5, 5.41) is 13.1. The Morgan fingerprint density at radius 3 is 2.38 bits per heavy atom. The zero-order valence-electron chi connectivity index (χ0n) is 18.3. The fraction of sp³-hybridized carbons (Fsp3) is 0.400. The summed E-state index contributed by atoms with van der Waals surface area (Å²) in [4.78, 5) is 41.9. The van der Waals surface area contributed by atoms with E-state index in [0.29, 0.717) is 18.5 Å². The van der Waals surface area contributed by atoms with Crippen LogP contribution < -0.4 is 10.2 Å². The van der Waals surface area contributed by atoms with Crippen molar-refractivity contribution in [1.82, 2.24) is 5.32 Å². The number of carbonyl (C=O) groups excluding carboxylic acids is 3. The molecule has 4 atom stereocenters. The van der Waals surface area contributed by atoms with Gasteiger partial charge in [-0.2, -0.15) is 0 Å². The van der Waals surface area contributed by atoms with Crippen molar-refractivity contribution in [1.29, 1.82) is 0 Å². The standard InChI is InChI=1S/C25H28N2O5/c1-3-5-15-25(24(31)32-4-2)20-19(21(26-25)16-11-13-18(28)14-12-16)22(29)27(23(20)30)17-9-7-6-8-10-17/h6-14,19-21,26,28H,3-5,15H2,1-2H3/t19-,20+,21-,25-/m0/s1. The maximum atomic E-state index is 13.7. The van der Waals surface area contributed by atoms with E-state index in [-0.39, 0.29) is 24.2 Å². The molecule has 2 aliphatic rings. The maximum absolute atomic E-state index is 13.7. The number of nitrogens with zero attached hydrogens (tertiary/aromatic N) is 1. The molecule has 0 spiro atoms. The first kappa shape index (κ1) is 22.0. The Morgan fingerprint density at radius 1 is 1.06 bits per heavy atom. The average molecular weight is 437 g/mol. The van der Waals surface area contributed by atoms with Crippen LogP contribution in [0.5, 0.6) is 5.75 Å². The number of rotatable bonds is 7. The number of phenolic OH excluding ortho intramolecular Hbond substituents is 1. The van der Waals surface area contributed by atoms with Crippen molar-refractivity contribution in [2.24, 2.45) is 11.8 Å². The molecule has 0 radical (unpaired) electrons. The molecule has 0 aromatic heterocycles. The third-order valence-corrected chi connectivity index (χ3v) is 6.49. The molecule has 4 rings (SSSR count). The minimum atomic E-state index is -1.30. The van der Waals surface area contributed by atoms with Gasteiger partial charge in [0, 0.05) is 6.04 Å². The van der Waals surface area contributed by atoms with E-state index in [1.165, 1.54) is 4.90 Å². The molecule has 168 valence electrons. The molecule has 0 unspecified atom stereocenters. The Balaban J connectivity index is 1.85. The number of imide groups is 1. The lowest BCUT2D eigenvalue weighted by Gasteiger charge is -2.33. The van der Waals surface area contributed by atoms with Gasteiger partial charge < -0.3 is 9.84 Å². The Hall–Kier alpha value is -3.19. The molecule has 2 fully saturated rings. The predicted octanol–water partition coefficient (Wildman–Crippen LogP) is 3.33. The third kappa shape index (κ3) is 3.46. The number of unbranched alkanes of at least 4 members (excludes halogenated alkanes) is 1. The molecule has 32 heavy (non-hydrogen) atoms. The van der Waals surface area contributed by atoms with Crippen LogP contribution in [-0.2, 0) is 19.1 Å². The van der Waals surface area contributed by atoms with Gasteiger partial charge in [-0.3, -0.25) is 19.7 Å². The predicted molar refractivity (Wildman–Crippen MR) is 119 cm³/mol. The highest BCUT2D eigenvalue weighted by Crippen LogP contribution is 2.51. The second-order valence-corrected chi connectivity index (χ2v) is 8.36. The lowest BCUT2D eigenvalue weighted by molar-refractivity contribution is -0.155. The van der Waals surface area contributed by atoms with Crippen molar-refractivity contribution >= 4 is 23.5 Å². The Morgan fingerprint density at radius 2 is 1.75 bits per heavy atom. The molecule has 2 aromatic rings. The summed E-state index contributed by atoms with van der Waals surface area (Å²) in [5.41, 5.74) is -0.0682. The van der Waals surface area contributed by atoms with Crippen LogP contribution in [0.1, 0.15) is 44.7 Å². The number of para-hydroxylation sites is 1. The second-order valence-electron chi connectivity index (χ2n) is 8.36. The third-order valence-electron chi connectivity index (χ3n) is 6.49. The van der Waals surface area contributed by atoms with Gasteiger partial charge in [-0.05, 0) is 43.2 Å². The molecular weight excluding hydrogens is 408 g/mol. The van der Waals surface area contributed by atoms with Crippen LogP contribution in [0.2, 0.25) is 0 Å². The van der Waals surface area contributed by atoms with Crippen molar-refractivity contribution in [2.75, 3.05) is 11.5 Å². The van der Waals surface area contributed by atoms with Crippen LogP contribution >= 0.6 is 0 Å². The van der Waals surface area contributed by atoms with Gasteiger partial charge in [-0.1, -0.05) is 50.1 Å². The quantitative estimate of drug-likeness (QED) is 0.511. The molecule has 2 aromatic carbocycles. The summed E-state index contributed by atoms with van der Waals surface area (Å²) in [6.45, 7) is 3.92. The largest absolute Gasteiger partial charge is 0.508 e. The number of hydrogen-bond acceptors (Lipinski definition) is 6. The van der Waals surface area contributed by atoms with Gasteiger partial charge in [0.2, 0.25) is 11.8 Å². The van der Waals surface area contributed by atoms with Gasteiger partial charge in [0.1, 0.15) is 11.3 Å². The molecule has 2 heterocycles. The fourth-order valence-corrected chi connectivity index (χ4v) is 5.04. The molecule has 2 saturated heterocycles. The monoisotopic (exact) mass is 436 g/mol. The highest BCUT2D eigenvalue weighted by atomic mass is 16.5. The van der Waals surface area contributed by atoms with Crippen molar-refractivity contribution in [2.45, 2.75) is 44.7 Å². The number of nitrogens with one attached hydrogen (secondary N) is 1. The van der Waals surface area contributed by atoms with E-state index < -0.39 is 29.4 Å². The summed E-state index contributed by atoms with van der Waals surface area (Å²) in [7, 11) is 0. The fourth-order valence-electron chi connectivity index (χ4n) is 5.04. The normalized spacial score (nSPS) is 26.9. The van der Waals surface area contributed by atoms with Crippen LogP contribution in [0.15, 0.2) is 54.6 Å². The summed E-state index contributed by atoms with van der Waals surface area (Å²) >= 11 is 0. The number of hydrogen-bond donors (Lipinski definition) is 2. The van der Waals surface area contributed by atoms with Gasteiger partial charge in [-0.15, -0.1) is 0 Å². The Bertz CT molecular complexity index is 1010. The van der Waals surface area contributed by atoms with Gasteiger partial charge in [0.15, 0.2) is 0 Å². The smallest absolute Gasteiger partial charge is 0.327 e. The van der Waals surface area contributed by atoms with Gasteiger partial charge in [-0.25, -0.2) is 4.90 Å². The van der Waals surface area contributed by atoms with Crippen molar-refractivity contribution in [3.63, 3.8) is 0 Å². The molecule has 0 aliphatic carbocycles. The lowest BCUT2D eigenvalue weighted by Crippen LogP contribution is -2.56. The number of fused-ring (bicyclic) bond motifs is 1. The second kappa shape index (κ2) is 8.74. The van der Waals surface area contributed by atoms with E-state index in [1.54, 1.807) is 55.5 Å². The highest BCUT2D eigenvalue weighted by molar-refractivity contribution is 6.24. The van der Waals surface area contributed by atoms with Crippen LogP contribution in [-0.4, -0.2) is 35.0 Å². The molecule has 2 amide bonds. The van der Waals surface area contributed by atoms with Gasteiger partial charge >= 0.3 is 5.97 Å². The number of ether oxygens (including phenoxy) is 1. The molecule has 7 nitrogen and oxygen atoms in total. The summed E-state index contributed by atoms with van der Waals surface area (Å²) in [6.07, 6.45) is 1.92. The van der Waals surface area contributed by atoms with Crippen LogP contribution in [0, 0.1) is 11.8 Å². The van der Waals surface area contributed by atoms with E-state index in [0.717, 1.165) is 12.0 Å². The number of aromatic hydroxyl groups is 1. The first-order chi connectivity index (χ1) is 15.4. The lowest BCUT2D eigenvalue weighted by atomic mass is 9.76. The van der Waals surface area contributed by atoms with Crippen LogP contribution in [0.25, 0.3) is 0 Å². The maximum Gasteiger partial charge on any atom is 0.327 e. The number of esters is 1. The van der Waals surface area contributed by atoms with Crippen molar-refractivity contribution in [3.05, 3.63) is 60.2 Å². The topological polar surface area (TPSA) is 95.9 Å². The highest BCUT2D eigenvalue weighted by Gasteiger charge is 2.68.